The molecule has 132 valence electrons. The Hall–Kier alpha value is -2.83. The molecule has 2 N–H and O–H groups in total. The minimum Gasteiger partial charge on any atom is -0.266 e. The SMILES string of the molecule is CCc1ccc(-n2ncc(C3=NNNN3Cc3ccccc3)c2Cl)cc1. The van der Waals surface area contributed by atoms with Crippen LogP contribution in [0.4, 0.5) is 0 Å². The van der Waals surface area contributed by atoms with Crippen LogP contribution in [0, 0.1) is 0 Å². The van der Waals surface area contributed by atoms with E-state index in [2.05, 4.69) is 52.5 Å². The van der Waals surface area contributed by atoms with Crippen LogP contribution in [-0.2, 0) is 13.0 Å². The third-order valence-electron chi connectivity index (χ3n) is 4.33. The molecule has 0 aliphatic carbocycles. The molecular formula is C19H19ClN6. The Morgan fingerprint density at radius 3 is 2.50 bits per heavy atom. The molecule has 0 saturated carbocycles. The third-order valence-corrected chi connectivity index (χ3v) is 4.69. The Bertz CT molecular complexity index is 917. The fourth-order valence-corrected chi connectivity index (χ4v) is 3.15. The molecule has 0 atom stereocenters. The highest BCUT2D eigenvalue weighted by molar-refractivity contribution is 6.33. The van der Waals surface area contributed by atoms with E-state index in [0.29, 0.717) is 17.5 Å². The summed E-state index contributed by atoms with van der Waals surface area (Å²) in [7, 11) is 0. The lowest BCUT2D eigenvalue weighted by Gasteiger charge is -2.18. The summed E-state index contributed by atoms with van der Waals surface area (Å²) >= 11 is 6.62. The number of nitrogens with one attached hydrogen (secondary N) is 2. The monoisotopic (exact) mass is 366 g/mol. The van der Waals surface area contributed by atoms with E-state index in [9.17, 15) is 0 Å². The van der Waals surface area contributed by atoms with Gasteiger partial charge in [0.25, 0.3) is 0 Å². The van der Waals surface area contributed by atoms with Crippen molar-refractivity contribution in [1.29, 1.82) is 0 Å². The molecule has 2 heterocycles. The van der Waals surface area contributed by atoms with Gasteiger partial charge in [-0.3, -0.25) is 5.01 Å². The molecule has 0 bridgehead atoms. The first-order valence-electron chi connectivity index (χ1n) is 8.49. The van der Waals surface area contributed by atoms with Gasteiger partial charge in [-0.05, 0) is 29.7 Å². The van der Waals surface area contributed by atoms with Crippen LogP contribution < -0.4 is 11.1 Å². The maximum Gasteiger partial charge on any atom is 0.178 e. The highest BCUT2D eigenvalue weighted by Gasteiger charge is 2.24. The van der Waals surface area contributed by atoms with Gasteiger partial charge in [-0.15, -0.1) is 10.6 Å². The molecule has 0 saturated heterocycles. The fourth-order valence-electron chi connectivity index (χ4n) is 2.87. The molecule has 0 spiro atoms. The molecule has 7 heteroatoms. The average molecular weight is 367 g/mol. The number of hydrazone groups is 1. The van der Waals surface area contributed by atoms with Gasteiger partial charge in [-0.1, -0.05) is 61.0 Å². The van der Waals surface area contributed by atoms with Gasteiger partial charge in [-0.25, -0.2) is 10.2 Å². The molecule has 0 radical (unpaired) electrons. The van der Waals surface area contributed by atoms with E-state index in [1.165, 1.54) is 5.56 Å². The zero-order valence-corrected chi connectivity index (χ0v) is 15.1. The summed E-state index contributed by atoms with van der Waals surface area (Å²) in [6, 6.07) is 18.4. The lowest BCUT2D eigenvalue weighted by atomic mass is 10.1. The van der Waals surface area contributed by atoms with Gasteiger partial charge in [0.15, 0.2) is 5.84 Å². The van der Waals surface area contributed by atoms with E-state index in [-0.39, 0.29) is 0 Å². The normalized spacial score (nSPS) is 13.6. The molecule has 0 fully saturated rings. The van der Waals surface area contributed by atoms with Gasteiger partial charge in [0, 0.05) is 0 Å². The Balaban J connectivity index is 1.60. The summed E-state index contributed by atoms with van der Waals surface area (Å²) < 4.78 is 1.72. The zero-order chi connectivity index (χ0) is 17.9. The van der Waals surface area contributed by atoms with Crippen molar-refractivity contribution in [3.63, 3.8) is 0 Å². The van der Waals surface area contributed by atoms with Crippen LogP contribution >= 0.6 is 11.6 Å². The lowest BCUT2D eigenvalue weighted by molar-refractivity contribution is 0.288. The van der Waals surface area contributed by atoms with E-state index in [1.807, 2.05) is 35.3 Å². The number of benzene rings is 2. The molecule has 1 aliphatic rings. The second-order valence-corrected chi connectivity index (χ2v) is 6.37. The second kappa shape index (κ2) is 7.19. The van der Waals surface area contributed by atoms with Crippen molar-refractivity contribution >= 4 is 17.4 Å². The zero-order valence-electron chi connectivity index (χ0n) is 14.4. The minimum absolute atomic E-state index is 0.525. The van der Waals surface area contributed by atoms with Crippen molar-refractivity contribution in [2.75, 3.05) is 0 Å². The molecule has 0 unspecified atom stereocenters. The number of hydrogen-bond acceptors (Lipinski definition) is 5. The first-order chi connectivity index (χ1) is 12.8. The summed E-state index contributed by atoms with van der Waals surface area (Å²) in [5, 5.41) is 11.2. The highest BCUT2D eigenvalue weighted by Crippen LogP contribution is 2.23. The van der Waals surface area contributed by atoms with Crippen LogP contribution in [0.3, 0.4) is 0 Å². The van der Waals surface area contributed by atoms with E-state index >= 15 is 0 Å². The first kappa shape index (κ1) is 16.6. The summed E-state index contributed by atoms with van der Waals surface area (Å²) in [6.07, 6.45) is 2.74. The maximum atomic E-state index is 6.62. The van der Waals surface area contributed by atoms with Gasteiger partial charge in [0.05, 0.1) is 24.0 Å². The molecule has 0 amide bonds. The molecular weight excluding hydrogens is 348 g/mol. The van der Waals surface area contributed by atoms with Crippen molar-refractivity contribution < 1.29 is 0 Å². The number of amidine groups is 1. The van der Waals surface area contributed by atoms with Crippen molar-refractivity contribution in [3.8, 4) is 5.69 Å². The van der Waals surface area contributed by atoms with Crippen LogP contribution in [0.5, 0.6) is 0 Å². The molecule has 6 nitrogen and oxygen atoms in total. The Morgan fingerprint density at radius 2 is 1.77 bits per heavy atom. The standard InChI is InChI=1S/C19H19ClN6/c1-2-14-8-10-16(11-9-14)26-18(20)17(12-21-26)19-22-23-24-25(19)13-15-6-4-3-5-7-15/h3-12,23-24H,2,13H2,1H3. The van der Waals surface area contributed by atoms with Gasteiger partial charge >= 0.3 is 0 Å². The summed E-state index contributed by atoms with van der Waals surface area (Å²) in [5.74, 6) is 0.704. The smallest absolute Gasteiger partial charge is 0.178 e. The number of aromatic nitrogens is 2. The summed E-state index contributed by atoms with van der Waals surface area (Å²) in [4.78, 5) is 0. The summed E-state index contributed by atoms with van der Waals surface area (Å²) in [6.45, 7) is 2.78. The van der Waals surface area contributed by atoms with Crippen LogP contribution in [0.25, 0.3) is 5.69 Å². The molecule has 3 aromatic rings. The number of rotatable bonds is 5. The van der Waals surface area contributed by atoms with Gasteiger partial charge < -0.3 is 0 Å². The van der Waals surface area contributed by atoms with Crippen LogP contribution in [0.15, 0.2) is 65.9 Å². The van der Waals surface area contributed by atoms with Crippen molar-refractivity contribution in [2.45, 2.75) is 19.9 Å². The molecule has 26 heavy (non-hydrogen) atoms. The quantitative estimate of drug-likeness (QED) is 0.727. The van der Waals surface area contributed by atoms with Gasteiger partial charge in [0.1, 0.15) is 5.15 Å². The summed E-state index contributed by atoms with van der Waals surface area (Å²) in [5.41, 5.74) is 9.96. The number of nitrogens with zero attached hydrogens (tertiary/aromatic N) is 4. The maximum absolute atomic E-state index is 6.62. The van der Waals surface area contributed by atoms with E-state index in [1.54, 1.807) is 10.9 Å². The van der Waals surface area contributed by atoms with E-state index < -0.39 is 0 Å². The van der Waals surface area contributed by atoms with Gasteiger partial charge in [0.2, 0.25) is 0 Å². The fraction of sp³-hybridized carbons (Fsp3) is 0.158. The lowest BCUT2D eigenvalue weighted by Crippen LogP contribution is -2.40. The number of aryl methyl sites for hydroxylation is 1. The van der Waals surface area contributed by atoms with Crippen molar-refractivity contribution in [3.05, 3.63) is 82.6 Å². The molecule has 4 rings (SSSR count). The molecule has 1 aliphatic heterocycles. The van der Waals surface area contributed by atoms with Crippen LogP contribution in [0.2, 0.25) is 5.15 Å². The molecule has 1 aromatic heterocycles. The number of halogens is 1. The average Bonchev–Trinajstić information content (AvgIpc) is 3.29. The predicted octanol–water partition coefficient (Wildman–Crippen LogP) is 3.27. The van der Waals surface area contributed by atoms with Crippen molar-refractivity contribution in [1.82, 2.24) is 25.9 Å². The van der Waals surface area contributed by atoms with E-state index in [4.69, 9.17) is 11.6 Å². The minimum atomic E-state index is 0.525. The van der Waals surface area contributed by atoms with Gasteiger partial charge in [-0.2, -0.15) is 5.10 Å². The first-order valence-corrected chi connectivity index (χ1v) is 8.87. The predicted molar refractivity (Wildman–Crippen MR) is 103 cm³/mol. The number of hydrogen-bond donors (Lipinski definition) is 2. The Labute approximate surface area is 157 Å². The van der Waals surface area contributed by atoms with Crippen LogP contribution in [-0.4, -0.2) is 20.6 Å². The van der Waals surface area contributed by atoms with Crippen LogP contribution in [0.1, 0.15) is 23.6 Å². The third kappa shape index (κ3) is 3.16. The molecule has 2 aromatic carbocycles. The highest BCUT2D eigenvalue weighted by atomic mass is 35.5. The van der Waals surface area contributed by atoms with E-state index in [0.717, 1.165) is 23.2 Å². The number of hydrazine groups is 2. The Morgan fingerprint density at radius 1 is 1.00 bits per heavy atom. The topological polar surface area (TPSA) is 57.5 Å². The van der Waals surface area contributed by atoms with Crippen molar-refractivity contribution in [2.24, 2.45) is 5.10 Å². The second-order valence-electron chi connectivity index (χ2n) is 6.01. The largest absolute Gasteiger partial charge is 0.266 e. The Kier molecular flexibility index (Phi) is 4.60.